The highest BCUT2D eigenvalue weighted by atomic mass is 35.5. The lowest BCUT2D eigenvalue weighted by Crippen LogP contribution is -1.97. The first-order valence-corrected chi connectivity index (χ1v) is 7.41. The van der Waals surface area contributed by atoms with Crippen molar-refractivity contribution in [2.45, 2.75) is 4.90 Å². The van der Waals surface area contributed by atoms with Crippen LogP contribution in [-0.4, -0.2) is 19.7 Å². The fourth-order valence-electron chi connectivity index (χ4n) is 1.43. The van der Waals surface area contributed by atoms with Crippen LogP contribution in [0.2, 0.25) is 5.15 Å². The molecular weight excluding hydrogens is 272 g/mol. The molecule has 2 rings (SSSR count). The number of halogens is 1. The summed E-state index contributed by atoms with van der Waals surface area (Å²) in [7, 11) is -3.16. The number of pyridine rings is 1. The molecule has 4 nitrogen and oxygen atoms in total. The van der Waals surface area contributed by atoms with Crippen LogP contribution < -0.4 is 5.32 Å². The summed E-state index contributed by atoms with van der Waals surface area (Å²) in [6.07, 6.45) is 2.77. The van der Waals surface area contributed by atoms with Gasteiger partial charge in [0, 0.05) is 23.8 Å². The van der Waals surface area contributed by atoms with Crippen molar-refractivity contribution in [3.63, 3.8) is 0 Å². The summed E-state index contributed by atoms with van der Waals surface area (Å²) in [5.41, 5.74) is 1.58. The molecule has 0 spiro atoms. The van der Waals surface area contributed by atoms with Gasteiger partial charge in [-0.05, 0) is 36.4 Å². The molecule has 1 N–H and O–H groups in total. The van der Waals surface area contributed by atoms with E-state index in [4.69, 9.17) is 11.6 Å². The van der Waals surface area contributed by atoms with Gasteiger partial charge in [-0.15, -0.1) is 0 Å². The van der Waals surface area contributed by atoms with E-state index in [0.29, 0.717) is 10.0 Å². The molecule has 0 atom stereocenters. The molecule has 18 heavy (non-hydrogen) atoms. The highest BCUT2D eigenvalue weighted by Gasteiger charge is 2.06. The van der Waals surface area contributed by atoms with Crippen molar-refractivity contribution >= 4 is 32.8 Å². The minimum Gasteiger partial charge on any atom is -0.355 e. The van der Waals surface area contributed by atoms with Crippen molar-refractivity contribution in [2.75, 3.05) is 11.6 Å². The van der Waals surface area contributed by atoms with Crippen LogP contribution in [0.25, 0.3) is 0 Å². The molecule has 0 fully saturated rings. The summed E-state index contributed by atoms with van der Waals surface area (Å²) >= 11 is 5.77. The van der Waals surface area contributed by atoms with Crippen LogP contribution in [0.15, 0.2) is 47.5 Å². The Labute approximate surface area is 111 Å². The highest BCUT2D eigenvalue weighted by molar-refractivity contribution is 7.90. The largest absolute Gasteiger partial charge is 0.355 e. The minimum atomic E-state index is -3.16. The number of nitrogens with one attached hydrogen (secondary N) is 1. The second kappa shape index (κ2) is 4.96. The molecule has 0 aliphatic heterocycles. The SMILES string of the molecule is CS(=O)(=O)c1ccc(Nc2ccnc(Cl)c2)cc1. The van der Waals surface area contributed by atoms with Crippen molar-refractivity contribution in [3.05, 3.63) is 47.7 Å². The third kappa shape index (κ3) is 3.21. The van der Waals surface area contributed by atoms with Crippen LogP contribution >= 0.6 is 11.6 Å². The van der Waals surface area contributed by atoms with Crippen molar-refractivity contribution in [1.82, 2.24) is 4.98 Å². The predicted molar refractivity (Wildman–Crippen MR) is 72.1 cm³/mol. The maximum Gasteiger partial charge on any atom is 0.175 e. The van der Waals surface area contributed by atoms with E-state index in [1.807, 2.05) is 0 Å². The fourth-order valence-corrected chi connectivity index (χ4v) is 2.24. The van der Waals surface area contributed by atoms with Gasteiger partial charge in [-0.25, -0.2) is 13.4 Å². The lowest BCUT2D eigenvalue weighted by molar-refractivity contribution is 0.602. The van der Waals surface area contributed by atoms with Crippen molar-refractivity contribution in [1.29, 1.82) is 0 Å². The molecule has 0 bridgehead atoms. The number of sulfone groups is 1. The second-order valence-corrected chi connectivity index (χ2v) is 6.19. The van der Waals surface area contributed by atoms with Gasteiger partial charge in [0.2, 0.25) is 0 Å². The van der Waals surface area contributed by atoms with Crippen molar-refractivity contribution in [3.8, 4) is 0 Å². The Bertz CT molecular complexity index is 654. The number of rotatable bonds is 3. The number of benzene rings is 1. The molecule has 1 heterocycles. The van der Waals surface area contributed by atoms with Crippen LogP contribution in [0.3, 0.4) is 0 Å². The highest BCUT2D eigenvalue weighted by Crippen LogP contribution is 2.20. The molecule has 0 saturated heterocycles. The molecule has 2 aromatic rings. The Morgan fingerprint density at radius 1 is 1.11 bits per heavy atom. The first kappa shape index (κ1) is 12.9. The van der Waals surface area contributed by atoms with Crippen LogP contribution in [0.5, 0.6) is 0 Å². The Morgan fingerprint density at radius 3 is 2.33 bits per heavy atom. The quantitative estimate of drug-likeness (QED) is 0.880. The summed E-state index contributed by atoms with van der Waals surface area (Å²) in [5.74, 6) is 0. The van der Waals surface area contributed by atoms with E-state index >= 15 is 0 Å². The number of anilines is 2. The zero-order valence-corrected chi connectivity index (χ0v) is 11.2. The smallest absolute Gasteiger partial charge is 0.175 e. The van der Waals surface area contributed by atoms with Crippen LogP contribution in [0.1, 0.15) is 0 Å². The van der Waals surface area contributed by atoms with E-state index in [0.717, 1.165) is 11.4 Å². The van der Waals surface area contributed by atoms with Gasteiger partial charge in [0.25, 0.3) is 0 Å². The molecule has 0 aliphatic carbocycles. The normalized spacial score (nSPS) is 11.2. The molecule has 0 radical (unpaired) electrons. The molecule has 1 aromatic heterocycles. The number of aromatic nitrogens is 1. The van der Waals surface area contributed by atoms with E-state index in [-0.39, 0.29) is 0 Å². The fraction of sp³-hybridized carbons (Fsp3) is 0.0833. The molecule has 94 valence electrons. The van der Waals surface area contributed by atoms with E-state index in [1.54, 1.807) is 42.6 Å². The van der Waals surface area contributed by atoms with Gasteiger partial charge in [0.1, 0.15) is 5.15 Å². The molecule has 6 heteroatoms. The van der Waals surface area contributed by atoms with Gasteiger partial charge in [-0.3, -0.25) is 0 Å². The van der Waals surface area contributed by atoms with E-state index in [9.17, 15) is 8.42 Å². The third-order valence-corrected chi connectivity index (χ3v) is 3.63. The van der Waals surface area contributed by atoms with E-state index in [2.05, 4.69) is 10.3 Å². The van der Waals surface area contributed by atoms with Gasteiger partial charge in [0.15, 0.2) is 9.84 Å². The van der Waals surface area contributed by atoms with Gasteiger partial charge in [-0.2, -0.15) is 0 Å². The van der Waals surface area contributed by atoms with Gasteiger partial charge >= 0.3 is 0 Å². The Balaban J connectivity index is 2.21. The number of hydrogen-bond donors (Lipinski definition) is 1. The number of hydrogen-bond acceptors (Lipinski definition) is 4. The van der Waals surface area contributed by atoms with Crippen LogP contribution in [-0.2, 0) is 9.84 Å². The summed E-state index contributed by atoms with van der Waals surface area (Å²) in [6.45, 7) is 0. The lowest BCUT2D eigenvalue weighted by Gasteiger charge is -2.07. The molecule has 0 unspecified atom stereocenters. The first-order chi connectivity index (χ1) is 8.45. The Morgan fingerprint density at radius 2 is 1.78 bits per heavy atom. The monoisotopic (exact) mass is 282 g/mol. The standard InChI is InChI=1S/C12H11ClN2O2S/c1-18(16,17)11-4-2-9(3-5-11)15-10-6-7-14-12(13)8-10/h2-8H,1H3,(H,14,15). The predicted octanol–water partition coefficient (Wildman–Crippen LogP) is 2.88. The first-order valence-electron chi connectivity index (χ1n) is 5.14. The van der Waals surface area contributed by atoms with Crippen molar-refractivity contribution in [2.24, 2.45) is 0 Å². The second-order valence-electron chi connectivity index (χ2n) is 3.79. The average Bonchev–Trinajstić information content (AvgIpc) is 2.28. The maximum absolute atomic E-state index is 11.3. The zero-order chi connectivity index (χ0) is 13.2. The molecule has 0 amide bonds. The molecule has 1 aromatic carbocycles. The Kier molecular flexibility index (Phi) is 3.54. The van der Waals surface area contributed by atoms with E-state index in [1.165, 1.54) is 6.26 Å². The topological polar surface area (TPSA) is 59.1 Å². The molecular formula is C12H11ClN2O2S. The van der Waals surface area contributed by atoms with Crippen LogP contribution in [0, 0.1) is 0 Å². The van der Waals surface area contributed by atoms with Crippen molar-refractivity contribution < 1.29 is 8.42 Å². The van der Waals surface area contributed by atoms with Gasteiger partial charge < -0.3 is 5.32 Å². The Hall–Kier alpha value is -1.59. The number of nitrogens with zero attached hydrogens (tertiary/aromatic N) is 1. The van der Waals surface area contributed by atoms with Gasteiger partial charge in [-0.1, -0.05) is 11.6 Å². The van der Waals surface area contributed by atoms with Crippen LogP contribution in [0.4, 0.5) is 11.4 Å². The lowest BCUT2D eigenvalue weighted by atomic mass is 10.3. The summed E-state index contributed by atoms with van der Waals surface area (Å²) in [6, 6.07) is 9.97. The molecule has 0 saturated carbocycles. The van der Waals surface area contributed by atoms with E-state index < -0.39 is 9.84 Å². The average molecular weight is 283 g/mol. The third-order valence-electron chi connectivity index (χ3n) is 2.30. The maximum atomic E-state index is 11.3. The zero-order valence-electron chi connectivity index (χ0n) is 9.59. The summed E-state index contributed by atoms with van der Waals surface area (Å²) in [4.78, 5) is 4.17. The minimum absolute atomic E-state index is 0.292. The molecule has 0 aliphatic rings. The summed E-state index contributed by atoms with van der Waals surface area (Å²) in [5, 5.41) is 3.50. The summed E-state index contributed by atoms with van der Waals surface area (Å²) < 4.78 is 22.6. The van der Waals surface area contributed by atoms with Gasteiger partial charge in [0.05, 0.1) is 4.90 Å².